The van der Waals surface area contributed by atoms with Crippen LogP contribution in [0.5, 0.6) is 5.88 Å². The average Bonchev–Trinajstić information content (AvgIpc) is 2.28. The Morgan fingerprint density at radius 3 is 2.62 bits per heavy atom. The number of hydrogen-bond donors (Lipinski definition) is 1. The molecule has 1 aliphatic heterocycles. The molecule has 0 amide bonds. The first-order valence-corrected chi connectivity index (χ1v) is 5.56. The van der Waals surface area contributed by atoms with Crippen molar-refractivity contribution in [3.8, 4) is 5.88 Å². The minimum absolute atomic E-state index is 0.469. The SMILES string of the molecule is COc1cncc(N2CC(C)NC(C)C2)n1. The molecule has 2 heterocycles. The van der Waals surface area contributed by atoms with E-state index in [-0.39, 0.29) is 0 Å². The zero-order valence-corrected chi connectivity index (χ0v) is 9.97. The molecule has 1 N–H and O–H groups in total. The Bertz CT molecular complexity index is 348. The molecule has 0 radical (unpaired) electrons. The maximum Gasteiger partial charge on any atom is 0.233 e. The maximum absolute atomic E-state index is 5.08. The Balaban J connectivity index is 2.16. The van der Waals surface area contributed by atoms with Gasteiger partial charge in [0.15, 0.2) is 5.82 Å². The summed E-state index contributed by atoms with van der Waals surface area (Å²) in [6.45, 7) is 6.25. The molecular weight excluding hydrogens is 204 g/mol. The second-order valence-corrected chi connectivity index (χ2v) is 4.29. The standard InChI is InChI=1S/C11H18N4O/c1-8-6-15(7-9(2)13-8)10-4-12-5-11(14-10)16-3/h4-5,8-9,13H,6-7H2,1-3H3. The number of hydrogen-bond acceptors (Lipinski definition) is 5. The largest absolute Gasteiger partial charge is 0.480 e. The Morgan fingerprint density at radius 2 is 2.00 bits per heavy atom. The van der Waals surface area contributed by atoms with Gasteiger partial charge < -0.3 is 15.0 Å². The van der Waals surface area contributed by atoms with Gasteiger partial charge >= 0.3 is 0 Å². The summed E-state index contributed by atoms with van der Waals surface area (Å²) in [6.07, 6.45) is 3.41. The van der Waals surface area contributed by atoms with Gasteiger partial charge in [0.1, 0.15) is 0 Å². The number of nitrogens with zero attached hydrogens (tertiary/aromatic N) is 3. The fourth-order valence-corrected chi connectivity index (χ4v) is 2.10. The summed E-state index contributed by atoms with van der Waals surface area (Å²) in [5.74, 6) is 1.45. The van der Waals surface area contributed by atoms with E-state index in [1.54, 1.807) is 19.5 Å². The van der Waals surface area contributed by atoms with Gasteiger partial charge in [-0.05, 0) is 13.8 Å². The Hall–Kier alpha value is -1.36. The monoisotopic (exact) mass is 222 g/mol. The highest BCUT2D eigenvalue weighted by Gasteiger charge is 2.22. The minimum Gasteiger partial charge on any atom is -0.480 e. The van der Waals surface area contributed by atoms with E-state index in [0.29, 0.717) is 18.0 Å². The Morgan fingerprint density at radius 1 is 1.31 bits per heavy atom. The van der Waals surface area contributed by atoms with Crippen LogP contribution in [0.3, 0.4) is 0 Å². The predicted molar refractivity (Wildman–Crippen MR) is 62.9 cm³/mol. The van der Waals surface area contributed by atoms with Crippen LogP contribution in [0.1, 0.15) is 13.8 Å². The summed E-state index contributed by atoms with van der Waals surface area (Å²) in [7, 11) is 1.61. The lowest BCUT2D eigenvalue weighted by molar-refractivity contribution is 0.387. The molecule has 1 aromatic rings. The number of rotatable bonds is 2. The minimum atomic E-state index is 0.469. The fourth-order valence-electron chi connectivity index (χ4n) is 2.10. The van der Waals surface area contributed by atoms with E-state index in [1.165, 1.54) is 0 Å². The van der Waals surface area contributed by atoms with Gasteiger partial charge in [-0.25, -0.2) is 0 Å². The van der Waals surface area contributed by atoms with Crippen LogP contribution in [0.4, 0.5) is 5.82 Å². The van der Waals surface area contributed by atoms with E-state index in [4.69, 9.17) is 4.74 Å². The highest BCUT2D eigenvalue weighted by molar-refractivity contribution is 5.38. The lowest BCUT2D eigenvalue weighted by atomic mass is 10.1. The van der Waals surface area contributed by atoms with Crippen LogP contribution in [-0.2, 0) is 0 Å². The van der Waals surface area contributed by atoms with E-state index in [1.807, 2.05) is 0 Å². The summed E-state index contributed by atoms with van der Waals surface area (Å²) in [5.41, 5.74) is 0. The predicted octanol–water partition coefficient (Wildman–Crippen LogP) is 0.672. The first-order chi connectivity index (χ1) is 7.69. The van der Waals surface area contributed by atoms with Crippen molar-refractivity contribution in [3.63, 3.8) is 0 Å². The van der Waals surface area contributed by atoms with Crippen molar-refractivity contribution in [1.29, 1.82) is 0 Å². The lowest BCUT2D eigenvalue weighted by Gasteiger charge is -2.36. The van der Waals surface area contributed by atoms with Crippen LogP contribution in [0, 0.1) is 0 Å². The second kappa shape index (κ2) is 4.65. The first-order valence-electron chi connectivity index (χ1n) is 5.56. The van der Waals surface area contributed by atoms with Gasteiger partial charge in [-0.1, -0.05) is 0 Å². The van der Waals surface area contributed by atoms with Crippen molar-refractivity contribution in [2.24, 2.45) is 0 Å². The first kappa shape index (κ1) is 11.1. The summed E-state index contributed by atoms with van der Waals surface area (Å²) >= 11 is 0. The van der Waals surface area contributed by atoms with Gasteiger partial charge in [-0.2, -0.15) is 4.98 Å². The third-order valence-electron chi connectivity index (χ3n) is 2.69. The number of nitrogens with one attached hydrogen (secondary N) is 1. The van der Waals surface area contributed by atoms with Crippen molar-refractivity contribution in [2.45, 2.75) is 25.9 Å². The van der Waals surface area contributed by atoms with Crippen molar-refractivity contribution in [3.05, 3.63) is 12.4 Å². The van der Waals surface area contributed by atoms with Crippen LogP contribution in [-0.4, -0.2) is 42.3 Å². The molecule has 5 heteroatoms. The van der Waals surface area contributed by atoms with Crippen molar-refractivity contribution < 1.29 is 4.74 Å². The van der Waals surface area contributed by atoms with Gasteiger partial charge in [-0.3, -0.25) is 4.98 Å². The highest BCUT2D eigenvalue weighted by atomic mass is 16.5. The van der Waals surface area contributed by atoms with Crippen LogP contribution >= 0.6 is 0 Å². The number of piperazine rings is 1. The summed E-state index contributed by atoms with van der Waals surface area (Å²) in [6, 6.07) is 0.938. The van der Waals surface area contributed by atoms with E-state index in [9.17, 15) is 0 Å². The molecule has 1 aromatic heterocycles. The fraction of sp³-hybridized carbons (Fsp3) is 0.636. The van der Waals surface area contributed by atoms with Gasteiger partial charge in [0, 0.05) is 25.2 Å². The van der Waals surface area contributed by atoms with Crippen LogP contribution < -0.4 is 15.0 Å². The molecule has 0 saturated carbocycles. The molecule has 2 rings (SSSR count). The molecule has 2 unspecified atom stereocenters. The third kappa shape index (κ3) is 2.41. The molecule has 2 atom stereocenters. The summed E-state index contributed by atoms with van der Waals surface area (Å²) in [4.78, 5) is 10.8. The molecule has 16 heavy (non-hydrogen) atoms. The number of ether oxygens (including phenoxy) is 1. The molecule has 88 valence electrons. The Kier molecular flexibility index (Phi) is 3.24. The molecule has 0 spiro atoms. The summed E-state index contributed by atoms with van der Waals surface area (Å²) in [5, 5.41) is 3.49. The molecule has 5 nitrogen and oxygen atoms in total. The van der Waals surface area contributed by atoms with E-state index in [2.05, 4.69) is 34.0 Å². The van der Waals surface area contributed by atoms with E-state index >= 15 is 0 Å². The molecule has 1 fully saturated rings. The number of methoxy groups -OCH3 is 1. The van der Waals surface area contributed by atoms with Crippen LogP contribution in [0.25, 0.3) is 0 Å². The topological polar surface area (TPSA) is 50.3 Å². The Labute approximate surface area is 95.8 Å². The van der Waals surface area contributed by atoms with E-state index < -0.39 is 0 Å². The van der Waals surface area contributed by atoms with E-state index in [0.717, 1.165) is 18.9 Å². The quantitative estimate of drug-likeness (QED) is 0.797. The molecule has 0 bridgehead atoms. The average molecular weight is 222 g/mol. The lowest BCUT2D eigenvalue weighted by Crippen LogP contribution is -2.54. The van der Waals surface area contributed by atoms with Gasteiger partial charge in [0.05, 0.1) is 19.5 Å². The van der Waals surface area contributed by atoms with Gasteiger partial charge in [-0.15, -0.1) is 0 Å². The molecule has 0 aliphatic carbocycles. The molecular formula is C11H18N4O. The summed E-state index contributed by atoms with van der Waals surface area (Å²) < 4.78 is 5.08. The third-order valence-corrected chi connectivity index (χ3v) is 2.69. The zero-order valence-electron chi connectivity index (χ0n) is 9.97. The number of aromatic nitrogens is 2. The van der Waals surface area contributed by atoms with Crippen molar-refractivity contribution in [1.82, 2.24) is 15.3 Å². The van der Waals surface area contributed by atoms with Gasteiger partial charge in [0.25, 0.3) is 0 Å². The van der Waals surface area contributed by atoms with Crippen LogP contribution in [0.2, 0.25) is 0 Å². The molecule has 1 aliphatic rings. The van der Waals surface area contributed by atoms with Crippen molar-refractivity contribution in [2.75, 3.05) is 25.1 Å². The second-order valence-electron chi connectivity index (χ2n) is 4.29. The number of anilines is 1. The molecule has 1 saturated heterocycles. The maximum atomic E-state index is 5.08. The normalized spacial score (nSPS) is 25.6. The van der Waals surface area contributed by atoms with Crippen LogP contribution in [0.15, 0.2) is 12.4 Å². The van der Waals surface area contributed by atoms with Crippen molar-refractivity contribution >= 4 is 5.82 Å². The zero-order chi connectivity index (χ0) is 11.5. The van der Waals surface area contributed by atoms with Gasteiger partial charge in [0.2, 0.25) is 5.88 Å². The highest BCUT2D eigenvalue weighted by Crippen LogP contribution is 2.16. The smallest absolute Gasteiger partial charge is 0.233 e. The molecule has 0 aromatic carbocycles.